The van der Waals surface area contributed by atoms with Gasteiger partial charge in [-0.1, -0.05) is 30.3 Å². The minimum absolute atomic E-state index is 0.153. The topological polar surface area (TPSA) is 69.2 Å². The van der Waals surface area contributed by atoms with Crippen molar-refractivity contribution in [1.82, 2.24) is 9.97 Å². The number of hydrogen-bond acceptors (Lipinski definition) is 5. The highest BCUT2D eigenvalue weighted by Gasteiger charge is 2.05. The molecule has 23 heavy (non-hydrogen) atoms. The molecular formula is C17H16N2O3S. The predicted molar refractivity (Wildman–Crippen MR) is 89.5 cm³/mol. The van der Waals surface area contributed by atoms with E-state index in [9.17, 15) is 8.42 Å². The van der Waals surface area contributed by atoms with Gasteiger partial charge in [-0.15, -0.1) is 0 Å². The average Bonchev–Trinajstić information content (AvgIpc) is 2.54. The van der Waals surface area contributed by atoms with Gasteiger partial charge in [0.1, 0.15) is 0 Å². The Morgan fingerprint density at radius 1 is 1.00 bits per heavy atom. The van der Waals surface area contributed by atoms with Gasteiger partial charge >= 0.3 is 0 Å². The maximum Gasteiger partial charge on any atom is 0.264 e. The third-order valence-corrected chi connectivity index (χ3v) is 4.01. The lowest BCUT2D eigenvalue weighted by Gasteiger charge is -2.06. The highest BCUT2D eigenvalue weighted by Crippen LogP contribution is 2.23. The van der Waals surface area contributed by atoms with Crippen LogP contribution in [0.4, 0.5) is 0 Å². The van der Waals surface area contributed by atoms with E-state index in [-0.39, 0.29) is 6.61 Å². The van der Waals surface area contributed by atoms with Crippen LogP contribution in [-0.4, -0.2) is 31.2 Å². The van der Waals surface area contributed by atoms with Crippen LogP contribution in [0.15, 0.2) is 54.9 Å². The Balaban J connectivity index is 1.82. The highest BCUT2D eigenvalue weighted by atomic mass is 32.2. The molecule has 0 aliphatic rings. The second kappa shape index (κ2) is 6.44. The summed E-state index contributed by atoms with van der Waals surface area (Å²) in [5.41, 5.74) is 2.00. The van der Waals surface area contributed by atoms with Crippen molar-refractivity contribution < 1.29 is 12.6 Å². The maximum absolute atomic E-state index is 11.0. The first kappa shape index (κ1) is 15.6. The SMILES string of the molecule is CS(=O)(=O)OCCc1ccc2cc(-c3ncccn3)ccc2c1. The summed E-state index contributed by atoms with van der Waals surface area (Å²) in [4.78, 5) is 8.50. The summed E-state index contributed by atoms with van der Waals surface area (Å²) < 4.78 is 26.7. The van der Waals surface area contributed by atoms with Gasteiger partial charge in [0.25, 0.3) is 10.1 Å². The van der Waals surface area contributed by atoms with E-state index in [1.165, 1.54) is 0 Å². The van der Waals surface area contributed by atoms with Crippen LogP contribution in [0, 0.1) is 0 Å². The predicted octanol–water partition coefficient (Wildman–Crippen LogP) is 2.82. The quantitative estimate of drug-likeness (QED) is 0.674. The molecule has 3 aromatic rings. The maximum atomic E-state index is 11.0. The summed E-state index contributed by atoms with van der Waals surface area (Å²) in [6, 6.07) is 13.9. The Bertz CT molecular complexity index is 925. The van der Waals surface area contributed by atoms with E-state index >= 15 is 0 Å². The van der Waals surface area contributed by atoms with Crippen LogP contribution in [0.3, 0.4) is 0 Å². The molecule has 0 atom stereocenters. The van der Waals surface area contributed by atoms with Crippen LogP contribution in [0.5, 0.6) is 0 Å². The second-order valence-electron chi connectivity index (χ2n) is 5.24. The lowest BCUT2D eigenvalue weighted by molar-refractivity contribution is 0.326. The minimum Gasteiger partial charge on any atom is -0.270 e. The van der Waals surface area contributed by atoms with E-state index in [4.69, 9.17) is 4.18 Å². The smallest absolute Gasteiger partial charge is 0.264 e. The van der Waals surface area contributed by atoms with Gasteiger partial charge < -0.3 is 0 Å². The van der Waals surface area contributed by atoms with Crippen molar-refractivity contribution in [3.63, 3.8) is 0 Å². The molecule has 1 aromatic heterocycles. The zero-order chi connectivity index (χ0) is 16.3. The van der Waals surface area contributed by atoms with Gasteiger partial charge in [0.05, 0.1) is 12.9 Å². The molecule has 0 amide bonds. The van der Waals surface area contributed by atoms with Gasteiger partial charge in [0.2, 0.25) is 0 Å². The molecular weight excluding hydrogens is 312 g/mol. The third-order valence-electron chi connectivity index (χ3n) is 3.42. The van der Waals surface area contributed by atoms with E-state index in [1.54, 1.807) is 18.5 Å². The van der Waals surface area contributed by atoms with E-state index in [0.717, 1.165) is 28.2 Å². The summed E-state index contributed by atoms with van der Waals surface area (Å²) >= 11 is 0. The lowest BCUT2D eigenvalue weighted by Crippen LogP contribution is -2.06. The van der Waals surface area contributed by atoms with Gasteiger partial charge in [0.15, 0.2) is 5.82 Å². The van der Waals surface area contributed by atoms with Crippen LogP contribution < -0.4 is 0 Å². The first-order chi connectivity index (χ1) is 11.0. The molecule has 118 valence electrons. The number of rotatable bonds is 5. The van der Waals surface area contributed by atoms with Crippen molar-refractivity contribution in [1.29, 1.82) is 0 Å². The first-order valence-corrected chi connectivity index (χ1v) is 8.97. The molecule has 0 spiro atoms. The molecule has 0 fully saturated rings. The summed E-state index contributed by atoms with van der Waals surface area (Å²) in [5.74, 6) is 0.694. The van der Waals surface area contributed by atoms with Gasteiger partial charge in [-0.25, -0.2) is 9.97 Å². The Labute approximate surface area is 135 Å². The number of nitrogens with zero attached hydrogens (tertiary/aromatic N) is 2. The zero-order valence-electron chi connectivity index (χ0n) is 12.6. The number of aromatic nitrogens is 2. The second-order valence-corrected chi connectivity index (χ2v) is 6.89. The Hall–Kier alpha value is -2.31. The molecule has 0 radical (unpaired) electrons. The van der Waals surface area contributed by atoms with Gasteiger partial charge in [-0.2, -0.15) is 8.42 Å². The molecule has 2 aromatic carbocycles. The average molecular weight is 328 g/mol. The Kier molecular flexibility index (Phi) is 4.36. The molecule has 3 rings (SSSR count). The van der Waals surface area contributed by atoms with Crippen molar-refractivity contribution in [3.05, 3.63) is 60.4 Å². The van der Waals surface area contributed by atoms with E-state index in [2.05, 4.69) is 9.97 Å². The molecule has 0 unspecified atom stereocenters. The van der Waals surface area contributed by atoms with Gasteiger partial charge in [-0.3, -0.25) is 4.18 Å². The van der Waals surface area contributed by atoms with E-state index < -0.39 is 10.1 Å². The van der Waals surface area contributed by atoms with Gasteiger partial charge in [0, 0.05) is 18.0 Å². The summed E-state index contributed by atoms with van der Waals surface area (Å²) in [7, 11) is -3.39. The minimum atomic E-state index is -3.39. The van der Waals surface area contributed by atoms with Crippen molar-refractivity contribution in [2.45, 2.75) is 6.42 Å². The summed E-state index contributed by atoms with van der Waals surface area (Å²) in [6.07, 6.45) is 5.04. The molecule has 5 nitrogen and oxygen atoms in total. The molecule has 1 heterocycles. The van der Waals surface area contributed by atoms with Crippen LogP contribution >= 0.6 is 0 Å². The van der Waals surface area contributed by atoms with Crippen molar-refractivity contribution in [2.75, 3.05) is 12.9 Å². The fraction of sp³-hybridized carbons (Fsp3) is 0.176. The highest BCUT2D eigenvalue weighted by molar-refractivity contribution is 7.85. The van der Waals surface area contributed by atoms with Gasteiger partial charge in [-0.05, 0) is 34.9 Å². The molecule has 6 heteroatoms. The molecule has 0 saturated heterocycles. The molecule has 0 aliphatic carbocycles. The van der Waals surface area contributed by atoms with Crippen LogP contribution in [0.25, 0.3) is 22.2 Å². The third kappa shape index (κ3) is 4.12. The fourth-order valence-electron chi connectivity index (χ4n) is 2.35. The Morgan fingerprint density at radius 2 is 1.70 bits per heavy atom. The zero-order valence-corrected chi connectivity index (χ0v) is 13.5. The first-order valence-electron chi connectivity index (χ1n) is 7.16. The number of hydrogen-bond donors (Lipinski definition) is 0. The standard InChI is InChI=1S/C17H16N2O3S/c1-23(20,21)22-10-7-13-3-4-15-12-16(6-5-14(15)11-13)17-18-8-2-9-19-17/h2-6,8-9,11-12H,7,10H2,1H3. The summed E-state index contributed by atoms with van der Waals surface area (Å²) in [6.45, 7) is 0.153. The molecule has 0 N–H and O–H groups in total. The molecule has 0 saturated carbocycles. The van der Waals surface area contributed by atoms with Crippen molar-refractivity contribution >= 4 is 20.9 Å². The monoisotopic (exact) mass is 328 g/mol. The number of fused-ring (bicyclic) bond motifs is 1. The molecule has 0 bridgehead atoms. The largest absolute Gasteiger partial charge is 0.270 e. The number of benzene rings is 2. The normalized spacial score (nSPS) is 11.7. The van der Waals surface area contributed by atoms with Crippen molar-refractivity contribution in [3.8, 4) is 11.4 Å². The van der Waals surface area contributed by atoms with E-state index in [1.807, 2.05) is 36.4 Å². The fourth-order valence-corrected chi connectivity index (χ4v) is 2.73. The van der Waals surface area contributed by atoms with Crippen molar-refractivity contribution in [2.24, 2.45) is 0 Å². The lowest BCUT2D eigenvalue weighted by atomic mass is 10.0. The Morgan fingerprint density at radius 3 is 2.43 bits per heavy atom. The van der Waals surface area contributed by atoms with Crippen LogP contribution in [0.2, 0.25) is 0 Å². The molecule has 0 aliphatic heterocycles. The van der Waals surface area contributed by atoms with E-state index in [0.29, 0.717) is 12.2 Å². The van der Waals surface area contributed by atoms with Crippen LogP contribution in [-0.2, 0) is 20.7 Å². The summed E-state index contributed by atoms with van der Waals surface area (Å²) in [5, 5.41) is 2.17. The van der Waals surface area contributed by atoms with Crippen LogP contribution in [0.1, 0.15) is 5.56 Å².